The number of ketones is 1. The van der Waals surface area contributed by atoms with E-state index in [1.54, 1.807) is 0 Å². The molecule has 5 aliphatic rings. The number of hydrogen-bond donors (Lipinski definition) is 1. The number of hydrogen-bond acceptors (Lipinski definition) is 3. The van der Waals surface area contributed by atoms with Crippen molar-refractivity contribution in [2.45, 2.75) is 92.9 Å². The van der Waals surface area contributed by atoms with E-state index in [1.165, 1.54) is 44.3 Å². The molecule has 186 valence electrons. The van der Waals surface area contributed by atoms with Crippen molar-refractivity contribution in [1.29, 1.82) is 0 Å². The van der Waals surface area contributed by atoms with Gasteiger partial charge in [-0.25, -0.2) is 0 Å². The molecule has 5 aliphatic carbocycles. The highest BCUT2D eigenvalue weighted by molar-refractivity contribution is 6.08. The topological polar surface area (TPSA) is 71.4 Å². The number of aliphatic carboxylic acids is 1. The SMILES string of the molecule is CC1(C)CC[C@]2(C)CC[C@]3(C)[C@H](CC[C@@H]4[C@@]5(C)C(=O)C=CC(C=O)(C(=O)O)C5=CC[C@]43C)[C@H]2C1. The first-order chi connectivity index (χ1) is 15.7. The van der Waals surface area contributed by atoms with E-state index >= 15 is 0 Å². The molecule has 0 aliphatic heterocycles. The van der Waals surface area contributed by atoms with Crippen LogP contribution in [0.3, 0.4) is 0 Å². The number of carboxylic acid groups (broad SMARTS) is 1. The van der Waals surface area contributed by atoms with Gasteiger partial charge in [0.1, 0.15) is 6.29 Å². The summed E-state index contributed by atoms with van der Waals surface area (Å²) in [5, 5.41) is 10.1. The summed E-state index contributed by atoms with van der Waals surface area (Å²) in [5.41, 5.74) is -1.39. The summed E-state index contributed by atoms with van der Waals surface area (Å²) in [7, 11) is 0. The maximum atomic E-state index is 13.6. The van der Waals surface area contributed by atoms with Crippen LogP contribution in [0.5, 0.6) is 0 Å². The molecule has 0 radical (unpaired) electrons. The second kappa shape index (κ2) is 6.95. The smallest absolute Gasteiger partial charge is 0.325 e. The van der Waals surface area contributed by atoms with Crippen molar-refractivity contribution in [2.24, 2.45) is 50.2 Å². The van der Waals surface area contributed by atoms with Crippen LogP contribution in [0.2, 0.25) is 0 Å². The fourth-order valence-electron chi connectivity index (χ4n) is 9.89. The molecule has 34 heavy (non-hydrogen) atoms. The molecular formula is C30H42O4. The van der Waals surface area contributed by atoms with Gasteiger partial charge in [0.25, 0.3) is 0 Å². The Kier molecular flexibility index (Phi) is 4.90. The maximum absolute atomic E-state index is 13.6. The molecule has 5 rings (SSSR count). The Morgan fingerprint density at radius 3 is 2.29 bits per heavy atom. The van der Waals surface area contributed by atoms with Crippen LogP contribution in [0.4, 0.5) is 0 Å². The van der Waals surface area contributed by atoms with Gasteiger partial charge in [0.2, 0.25) is 0 Å². The van der Waals surface area contributed by atoms with Crippen LogP contribution in [-0.4, -0.2) is 23.1 Å². The van der Waals surface area contributed by atoms with Gasteiger partial charge in [0, 0.05) is 0 Å². The van der Waals surface area contributed by atoms with E-state index in [1.807, 2.05) is 13.0 Å². The number of aldehydes is 1. The second-order valence-corrected chi connectivity index (χ2v) is 14.2. The van der Waals surface area contributed by atoms with Gasteiger partial charge in [-0.05, 0) is 109 Å². The standard InChI is InChI=1S/C30H42O4/c1-25(2)13-14-26(3)15-16-27(4)19(20(26)17-25)7-8-21-28(27,5)11-9-22-29(21,6)23(32)10-12-30(22,18-31)24(33)34/h9-10,12,18-21H,7-8,11,13-17H2,1-6H3,(H,33,34)/t19-,20-,21+,26-,27-,28-,29-,30?/m1/s1. The number of carbonyl (C=O) groups excluding carboxylic acids is 2. The Hall–Kier alpha value is -1.71. The lowest BCUT2D eigenvalue weighted by molar-refractivity contribution is -0.202. The zero-order chi connectivity index (χ0) is 24.9. The van der Waals surface area contributed by atoms with E-state index in [4.69, 9.17) is 0 Å². The minimum Gasteiger partial charge on any atom is -0.480 e. The Balaban J connectivity index is 1.62. The average molecular weight is 467 g/mol. The molecule has 3 saturated carbocycles. The van der Waals surface area contributed by atoms with E-state index in [-0.39, 0.29) is 22.5 Å². The van der Waals surface area contributed by atoms with E-state index < -0.39 is 16.8 Å². The fourth-order valence-corrected chi connectivity index (χ4v) is 9.89. The van der Waals surface area contributed by atoms with Gasteiger partial charge in [0.05, 0.1) is 5.41 Å². The number of carboxylic acids is 1. The molecule has 0 aromatic heterocycles. The Bertz CT molecular complexity index is 1020. The summed E-state index contributed by atoms with van der Waals surface area (Å²) in [6.07, 6.45) is 14.3. The van der Waals surface area contributed by atoms with Gasteiger partial charge in [-0.15, -0.1) is 0 Å². The van der Waals surface area contributed by atoms with Crippen molar-refractivity contribution in [2.75, 3.05) is 0 Å². The molecule has 1 N–H and O–H groups in total. The zero-order valence-electron chi connectivity index (χ0n) is 21.9. The molecule has 4 nitrogen and oxygen atoms in total. The lowest BCUT2D eigenvalue weighted by Gasteiger charge is -2.70. The van der Waals surface area contributed by atoms with Crippen LogP contribution < -0.4 is 0 Å². The Morgan fingerprint density at radius 2 is 1.65 bits per heavy atom. The van der Waals surface area contributed by atoms with Crippen molar-refractivity contribution < 1.29 is 19.5 Å². The lowest BCUT2D eigenvalue weighted by Crippen LogP contribution is -2.65. The highest BCUT2D eigenvalue weighted by Gasteiger charge is 2.70. The summed E-state index contributed by atoms with van der Waals surface area (Å²) < 4.78 is 0. The summed E-state index contributed by atoms with van der Waals surface area (Å²) in [6.45, 7) is 14.2. The molecule has 1 unspecified atom stereocenters. The van der Waals surface area contributed by atoms with Crippen molar-refractivity contribution in [1.82, 2.24) is 0 Å². The molecule has 8 atom stereocenters. The summed E-state index contributed by atoms with van der Waals surface area (Å²) in [5.74, 6) is 0.148. The highest BCUT2D eigenvalue weighted by atomic mass is 16.4. The largest absolute Gasteiger partial charge is 0.480 e. The molecule has 3 fully saturated rings. The Morgan fingerprint density at radius 1 is 0.971 bits per heavy atom. The van der Waals surface area contributed by atoms with E-state index in [0.29, 0.717) is 34.5 Å². The van der Waals surface area contributed by atoms with Crippen molar-refractivity contribution in [3.05, 3.63) is 23.8 Å². The molecule has 0 bridgehead atoms. The first kappa shape index (κ1) is 24.0. The molecule has 0 amide bonds. The molecule has 4 heteroatoms. The fraction of sp³-hybridized carbons (Fsp3) is 0.767. The second-order valence-electron chi connectivity index (χ2n) is 14.2. The predicted molar refractivity (Wildman–Crippen MR) is 132 cm³/mol. The molecule has 0 heterocycles. The number of fused-ring (bicyclic) bond motifs is 7. The summed E-state index contributed by atoms with van der Waals surface area (Å²) >= 11 is 0. The van der Waals surface area contributed by atoms with E-state index in [9.17, 15) is 19.5 Å². The molecule has 0 aromatic carbocycles. The van der Waals surface area contributed by atoms with Crippen molar-refractivity contribution >= 4 is 18.0 Å². The van der Waals surface area contributed by atoms with Gasteiger partial charge in [-0.1, -0.05) is 46.8 Å². The predicted octanol–water partition coefficient (Wildman–Crippen LogP) is 6.40. The monoisotopic (exact) mass is 466 g/mol. The zero-order valence-corrected chi connectivity index (χ0v) is 21.9. The normalized spacial score (nSPS) is 51.3. The quantitative estimate of drug-likeness (QED) is 0.290. The van der Waals surface area contributed by atoms with Gasteiger partial charge in [0.15, 0.2) is 11.2 Å². The van der Waals surface area contributed by atoms with E-state index in [0.717, 1.165) is 19.3 Å². The minimum atomic E-state index is -1.72. The Labute approximate surface area is 204 Å². The molecule has 0 spiro atoms. The molecular weight excluding hydrogens is 424 g/mol. The number of rotatable bonds is 2. The van der Waals surface area contributed by atoms with E-state index in [2.05, 4.69) is 34.6 Å². The first-order valence-electron chi connectivity index (χ1n) is 13.3. The third-order valence-corrected chi connectivity index (χ3v) is 12.4. The third kappa shape index (κ3) is 2.69. The van der Waals surface area contributed by atoms with Gasteiger partial charge in [-0.3, -0.25) is 9.59 Å². The average Bonchev–Trinajstić information content (AvgIpc) is 2.76. The van der Waals surface area contributed by atoms with Crippen LogP contribution in [-0.2, 0) is 14.4 Å². The van der Waals surface area contributed by atoms with Crippen LogP contribution in [0.1, 0.15) is 92.9 Å². The summed E-state index contributed by atoms with van der Waals surface area (Å²) in [4.78, 5) is 38.2. The van der Waals surface area contributed by atoms with Crippen LogP contribution in [0.25, 0.3) is 0 Å². The highest BCUT2D eigenvalue weighted by Crippen LogP contribution is 2.75. The molecule has 0 aromatic rings. The van der Waals surface area contributed by atoms with Crippen molar-refractivity contribution in [3.8, 4) is 0 Å². The van der Waals surface area contributed by atoms with Gasteiger partial charge in [-0.2, -0.15) is 0 Å². The van der Waals surface area contributed by atoms with Crippen LogP contribution in [0.15, 0.2) is 23.8 Å². The first-order valence-corrected chi connectivity index (χ1v) is 13.3. The number of allylic oxidation sites excluding steroid dienone is 2. The van der Waals surface area contributed by atoms with Crippen LogP contribution in [0, 0.1) is 50.2 Å². The van der Waals surface area contributed by atoms with Crippen molar-refractivity contribution in [3.63, 3.8) is 0 Å². The molecule has 0 saturated heterocycles. The maximum Gasteiger partial charge on any atom is 0.325 e. The van der Waals surface area contributed by atoms with Gasteiger partial charge >= 0.3 is 5.97 Å². The third-order valence-electron chi connectivity index (χ3n) is 12.4. The number of carbonyl (C=O) groups is 3. The van der Waals surface area contributed by atoms with Crippen LogP contribution >= 0.6 is 0 Å². The van der Waals surface area contributed by atoms with Gasteiger partial charge < -0.3 is 9.90 Å². The minimum absolute atomic E-state index is 0.0325. The lowest BCUT2D eigenvalue weighted by atomic mass is 9.33. The summed E-state index contributed by atoms with van der Waals surface area (Å²) in [6, 6.07) is 0.